The number of aliphatic hydroxyl groups is 1. The first-order valence-electron chi connectivity index (χ1n) is 7.00. The summed E-state index contributed by atoms with van der Waals surface area (Å²) in [5.74, 6) is -0.593. The van der Waals surface area contributed by atoms with Gasteiger partial charge in [-0.05, 0) is 36.2 Å². The smallest absolute Gasteiger partial charge is 0.261 e. The number of hydrogen-bond acceptors (Lipinski definition) is 4. The summed E-state index contributed by atoms with van der Waals surface area (Å²) >= 11 is 0. The van der Waals surface area contributed by atoms with Crippen LogP contribution < -0.4 is 0 Å². The lowest BCUT2D eigenvalue weighted by Crippen LogP contribution is -2.31. The zero-order valence-electron chi connectivity index (χ0n) is 11.8. The Morgan fingerprint density at radius 3 is 2.18 bits per heavy atom. The number of fused-ring (bicyclic) bond motifs is 1. The van der Waals surface area contributed by atoms with Gasteiger partial charge in [-0.15, -0.1) is 0 Å². The first-order chi connectivity index (χ1) is 10.6. The van der Waals surface area contributed by atoms with Gasteiger partial charge in [0.1, 0.15) is 5.75 Å². The number of carbonyl (C=O) groups is 2. The molecule has 112 valence electrons. The Hall–Kier alpha value is -2.66. The molecule has 1 heterocycles. The van der Waals surface area contributed by atoms with E-state index in [4.69, 9.17) is 0 Å². The third-order valence-electron chi connectivity index (χ3n) is 3.76. The highest BCUT2D eigenvalue weighted by molar-refractivity contribution is 6.21. The summed E-state index contributed by atoms with van der Waals surface area (Å²) in [5, 5.41) is 19.5. The minimum absolute atomic E-state index is 0.0669. The van der Waals surface area contributed by atoms with Crippen LogP contribution in [0.5, 0.6) is 5.75 Å². The number of rotatable bonds is 4. The Labute approximate surface area is 127 Å². The summed E-state index contributed by atoms with van der Waals surface area (Å²) in [6.45, 7) is 0.128. The Kier molecular flexibility index (Phi) is 3.65. The molecule has 0 aromatic heterocycles. The molecule has 1 aliphatic rings. The van der Waals surface area contributed by atoms with Crippen molar-refractivity contribution < 1.29 is 19.8 Å². The molecule has 0 spiro atoms. The quantitative estimate of drug-likeness (QED) is 0.847. The summed E-state index contributed by atoms with van der Waals surface area (Å²) in [7, 11) is 0. The fraction of sp³-hybridized carbons (Fsp3) is 0.176. The molecule has 5 heteroatoms. The predicted molar refractivity (Wildman–Crippen MR) is 79.5 cm³/mol. The Bertz CT molecular complexity index is 706. The number of aromatic hydroxyl groups is 1. The van der Waals surface area contributed by atoms with Crippen molar-refractivity contribution in [3.8, 4) is 5.75 Å². The van der Waals surface area contributed by atoms with Crippen LogP contribution in [0.2, 0.25) is 0 Å². The van der Waals surface area contributed by atoms with E-state index in [-0.39, 0.29) is 30.5 Å². The summed E-state index contributed by atoms with van der Waals surface area (Å²) in [5.41, 5.74) is 1.36. The van der Waals surface area contributed by atoms with E-state index < -0.39 is 6.10 Å². The summed E-state index contributed by atoms with van der Waals surface area (Å²) in [4.78, 5) is 25.5. The number of amides is 2. The third kappa shape index (κ3) is 2.46. The van der Waals surface area contributed by atoms with Gasteiger partial charge in [-0.2, -0.15) is 0 Å². The van der Waals surface area contributed by atoms with Crippen LogP contribution in [0.15, 0.2) is 48.5 Å². The first kappa shape index (κ1) is 14.3. The van der Waals surface area contributed by atoms with Crippen LogP contribution in [-0.4, -0.2) is 33.5 Å². The van der Waals surface area contributed by atoms with Crippen molar-refractivity contribution >= 4 is 11.8 Å². The van der Waals surface area contributed by atoms with Crippen LogP contribution in [0.4, 0.5) is 0 Å². The number of hydrogen-bond donors (Lipinski definition) is 2. The van der Waals surface area contributed by atoms with Crippen LogP contribution in [0.1, 0.15) is 38.8 Å². The van der Waals surface area contributed by atoms with E-state index in [0.29, 0.717) is 16.7 Å². The largest absolute Gasteiger partial charge is 0.508 e. The van der Waals surface area contributed by atoms with Gasteiger partial charge in [-0.3, -0.25) is 14.5 Å². The minimum Gasteiger partial charge on any atom is -0.508 e. The lowest BCUT2D eigenvalue weighted by atomic mass is 10.1. The van der Waals surface area contributed by atoms with Gasteiger partial charge >= 0.3 is 0 Å². The van der Waals surface area contributed by atoms with Gasteiger partial charge in [0.25, 0.3) is 11.8 Å². The molecule has 0 bridgehead atoms. The number of phenolic OH excluding ortho intramolecular Hbond substituents is 1. The van der Waals surface area contributed by atoms with E-state index in [9.17, 15) is 19.8 Å². The topological polar surface area (TPSA) is 77.8 Å². The van der Waals surface area contributed by atoms with Crippen LogP contribution >= 0.6 is 0 Å². The molecule has 0 aliphatic carbocycles. The van der Waals surface area contributed by atoms with E-state index in [0.717, 1.165) is 4.90 Å². The van der Waals surface area contributed by atoms with Gasteiger partial charge in [-0.25, -0.2) is 0 Å². The molecular weight excluding hydrogens is 282 g/mol. The lowest BCUT2D eigenvalue weighted by Gasteiger charge is -2.17. The average molecular weight is 297 g/mol. The van der Waals surface area contributed by atoms with Gasteiger partial charge in [0.2, 0.25) is 0 Å². The van der Waals surface area contributed by atoms with Crippen LogP contribution in [0.3, 0.4) is 0 Å². The average Bonchev–Trinajstić information content (AvgIpc) is 2.77. The van der Waals surface area contributed by atoms with E-state index in [1.54, 1.807) is 36.4 Å². The van der Waals surface area contributed by atoms with E-state index >= 15 is 0 Å². The molecule has 1 aliphatic heterocycles. The molecule has 2 aromatic carbocycles. The third-order valence-corrected chi connectivity index (χ3v) is 3.76. The van der Waals surface area contributed by atoms with Gasteiger partial charge in [0.15, 0.2) is 0 Å². The second-order valence-corrected chi connectivity index (χ2v) is 5.21. The summed E-state index contributed by atoms with van der Waals surface area (Å²) in [6.07, 6.45) is -0.633. The van der Waals surface area contributed by atoms with Crippen LogP contribution in [-0.2, 0) is 0 Å². The van der Waals surface area contributed by atoms with Crippen molar-refractivity contribution in [2.24, 2.45) is 0 Å². The molecule has 0 saturated carbocycles. The SMILES string of the molecule is O=C1c2ccccc2C(=O)N1CCC(O)c1cccc(O)c1. The van der Waals surface area contributed by atoms with Gasteiger partial charge in [0.05, 0.1) is 17.2 Å². The fourth-order valence-electron chi connectivity index (χ4n) is 2.59. The highest BCUT2D eigenvalue weighted by Crippen LogP contribution is 2.25. The highest BCUT2D eigenvalue weighted by atomic mass is 16.3. The van der Waals surface area contributed by atoms with E-state index in [2.05, 4.69) is 0 Å². The molecule has 2 amide bonds. The molecule has 5 nitrogen and oxygen atoms in total. The Morgan fingerprint density at radius 1 is 0.955 bits per heavy atom. The highest BCUT2D eigenvalue weighted by Gasteiger charge is 2.34. The maximum atomic E-state index is 12.2. The second kappa shape index (κ2) is 5.61. The number of imide groups is 1. The lowest BCUT2D eigenvalue weighted by molar-refractivity contribution is 0.0622. The number of carbonyl (C=O) groups excluding carboxylic acids is 2. The standard InChI is InChI=1S/C17H15NO4/c19-12-5-3-4-11(10-12)15(20)8-9-18-16(21)13-6-1-2-7-14(13)17(18)22/h1-7,10,15,19-20H,8-9H2. The van der Waals surface area contributed by atoms with Crippen LogP contribution in [0.25, 0.3) is 0 Å². The predicted octanol–water partition coefficient (Wildman–Crippen LogP) is 2.11. The molecule has 1 atom stereocenters. The zero-order chi connectivity index (χ0) is 15.7. The second-order valence-electron chi connectivity index (χ2n) is 5.21. The Morgan fingerprint density at radius 2 is 1.59 bits per heavy atom. The van der Waals surface area contributed by atoms with E-state index in [1.165, 1.54) is 12.1 Å². The van der Waals surface area contributed by atoms with Crippen molar-refractivity contribution in [3.63, 3.8) is 0 Å². The van der Waals surface area contributed by atoms with Crippen molar-refractivity contribution in [2.45, 2.75) is 12.5 Å². The zero-order valence-corrected chi connectivity index (χ0v) is 11.8. The van der Waals surface area contributed by atoms with Gasteiger partial charge in [0, 0.05) is 6.54 Å². The van der Waals surface area contributed by atoms with E-state index in [1.807, 2.05) is 0 Å². The van der Waals surface area contributed by atoms with Crippen molar-refractivity contribution in [3.05, 3.63) is 65.2 Å². The summed E-state index contributed by atoms with van der Waals surface area (Å²) < 4.78 is 0. The van der Waals surface area contributed by atoms with Gasteiger partial charge < -0.3 is 10.2 Å². The normalized spacial score (nSPS) is 15.0. The Balaban J connectivity index is 1.70. The monoisotopic (exact) mass is 297 g/mol. The van der Waals surface area contributed by atoms with Crippen molar-refractivity contribution in [2.75, 3.05) is 6.54 Å². The maximum absolute atomic E-state index is 12.2. The van der Waals surface area contributed by atoms with Crippen molar-refractivity contribution in [1.29, 1.82) is 0 Å². The first-order valence-corrected chi connectivity index (χ1v) is 7.00. The number of phenols is 1. The molecule has 0 radical (unpaired) electrons. The molecule has 3 rings (SSSR count). The van der Waals surface area contributed by atoms with Gasteiger partial charge in [-0.1, -0.05) is 24.3 Å². The maximum Gasteiger partial charge on any atom is 0.261 e. The molecule has 0 fully saturated rings. The molecule has 0 saturated heterocycles. The molecule has 2 aromatic rings. The minimum atomic E-state index is -0.851. The molecule has 1 unspecified atom stereocenters. The molecule has 2 N–H and O–H groups in total. The number of benzene rings is 2. The number of aliphatic hydroxyl groups excluding tert-OH is 1. The van der Waals surface area contributed by atoms with Crippen LogP contribution in [0, 0.1) is 0 Å². The number of nitrogens with zero attached hydrogens (tertiary/aromatic N) is 1. The fourth-order valence-corrected chi connectivity index (χ4v) is 2.59. The molecular formula is C17H15NO4. The van der Waals surface area contributed by atoms with Crippen molar-refractivity contribution in [1.82, 2.24) is 4.90 Å². The summed E-state index contributed by atoms with van der Waals surface area (Å²) in [6, 6.07) is 13.0. The molecule has 22 heavy (non-hydrogen) atoms.